The minimum absolute atomic E-state index is 0.169. The Kier molecular flexibility index (Phi) is 2.90. The second-order valence-corrected chi connectivity index (χ2v) is 4.31. The van der Waals surface area contributed by atoms with Crippen LogP contribution in [0.5, 0.6) is 0 Å². The van der Waals surface area contributed by atoms with E-state index < -0.39 is 0 Å². The van der Waals surface area contributed by atoms with Crippen LogP contribution < -0.4 is 5.32 Å². The van der Waals surface area contributed by atoms with Gasteiger partial charge >= 0.3 is 0 Å². The summed E-state index contributed by atoms with van der Waals surface area (Å²) < 4.78 is 6.48. The summed E-state index contributed by atoms with van der Waals surface area (Å²) in [6.45, 7) is 3.74. The summed E-state index contributed by atoms with van der Waals surface area (Å²) in [7, 11) is 0. The summed E-state index contributed by atoms with van der Waals surface area (Å²) in [6.07, 6.45) is 3.24. The molecule has 0 aliphatic heterocycles. The molecule has 0 saturated heterocycles. The molecule has 3 aromatic rings. The Morgan fingerprint density at radius 2 is 2.25 bits per heavy atom. The lowest BCUT2D eigenvalue weighted by Crippen LogP contribution is -2.23. The van der Waals surface area contributed by atoms with Crippen LogP contribution in [0.2, 0.25) is 0 Å². The van der Waals surface area contributed by atoms with E-state index in [0.717, 1.165) is 5.69 Å². The van der Waals surface area contributed by atoms with E-state index in [1.165, 1.54) is 6.20 Å². The van der Waals surface area contributed by atoms with Crippen molar-refractivity contribution in [3.05, 3.63) is 41.4 Å². The number of fused-ring (bicyclic) bond motifs is 1. The van der Waals surface area contributed by atoms with Crippen LogP contribution in [-0.2, 0) is 6.54 Å². The van der Waals surface area contributed by atoms with Crippen molar-refractivity contribution in [1.29, 1.82) is 0 Å². The maximum atomic E-state index is 12.1. The van der Waals surface area contributed by atoms with Crippen LogP contribution in [0.15, 0.2) is 23.0 Å². The molecular weight excluding hydrogens is 260 g/mol. The average molecular weight is 272 g/mol. The third-order valence-electron chi connectivity index (χ3n) is 2.72. The highest BCUT2D eigenvalue weighted by Crippen LogP contribution is 2.08. The number of carbonyl (C=O) groups excluding carboxylic acids is 1. The van der Waals surface area contributed by atoms with Gasteiger partial charge in [-0.25, -0.2) is 9.50 Å². The zero-order valence-corrected chi connectivity index (χ0v) is 11.0. The molecule has 1 amide bonds. The Morgan fingerprint density at radius 3 is 3.00 bits per heavy atom. The summed E-state index contributed by atoms with van der Waals surface area (Å²) >= 11 is 0. The van der Waals surface area contributed by atoms with Crippen LogP contribution >= 0.6 is 0 Å². The molecule has 0 atom stereocenters. The maximum absolute atomic E-state index is 12.1. The van der Waals surface area contributed by atoms with Crippen molar-refractivity contribution in [2.75, 3.05) is 0 Å². The molecule has 3 aromatic heterocycles. The maximum Gasteiger partial charge on any atom is 0.257 e. The van der Waals surface area contributed by atoms with Gasteiger partial charge in [-0.15, -0.1) is 0 Å². The van der Waals surface area contributed by atoms with E-state index >= 15 is 0 Å². The fourth-order valence-corrected chi connectivity index (χ4v) is 1.78. The van der Waals surface area contributed by atoms with Crippen molar-refractivity contribution in [1.82, 2.24) is 30.1 Å². The largest absolute Gasteiger partial charge is 0.343 e. The van der Waals surface area contributed by atoms with Crippen LogP contribution in [0.3, 0.4) is 0 Å². The van der Waals surface area contributed by atoms with Crippen LogP contribution in [0.25, 0.3) is 5.65 Å². The van der Waals surface area contributed by atoms with Gasteiger partial charge in [0, 0.05) is 11.9 Å². The van der Waals surface area contributed by atoms with E-state index in [-0.39, 0.29) is 12.5 Å². The van der Waals surface area contributed by atoms with Gasteiger partial charge < -0.3 is 9.84 Å². The van der Waals surface area contributed by atoms with Crippen molar-refractivity contribution in [3.8, 4) is 0 Å². The first-order chi connectivity index (χ1) is 9.63. The van der Waals surface area contributed by atoms with Gasteiger partial charge in [0.25, 0.3) is 5.91 Å². The number of nitrogens with one attached hydrogen (secondary N) is 1. The smallest absolute Gasteiger partial charge is 0.257 e. The first-order valence-electron chi connectivity index (χ1n) is 6.02. The van der Waals surface area contributed by atoms with Gasteiger partial charge in [-0.3, -0.25) is 4.79 Å². The number of aromatic nitrogens is 5. The van der Waals surface area contributed by atoms with E-state index in [9.17, 15) is 4.79 Å². The van der Waals surface area contributed by atoms with E-state index in [1.807, 2.05) is 13.0 Å². The van der Waals surface area contributed by atoms with Crippen LogP contribution in [-0.4, -0.2) is 30.6 Å². The third-order valence-corrected chi connectivity index (χ3v) is 2.72. The lowest BCUT2D eigenvalue weighted by Gasteiger charge is -2.00. The van der Waals surface area contributed by atoms with Crippen molar-refractivity contribution in [3.63, 3.8) is 0 Å². The number of carbonyl (C=O) groups is 1. The molecule has 0 aliphatic carbocycles. The normalized spacial score (nSPS) is 10.9. The molecule has 3 heterocycles. The molecule has 0 fully saturated rings. The van der Waals surface area contributed by atoms with Gasteiger partial charge in [-0.05, 0) is 19.9 Å². The van der Waals surface area contributed by atoms with Gasteiger partial charge in [-0.2, -0.15) is 10.1 Å². The number of nitrogens with zero attached hydrogens (tertiary/aromatic N) is 5. The summed E-state index contributed by atoms with van der Waals surface area (Å²) in [4.78, 5) is 20.4. The van der Waals surface area contributed by atoms with E-state index in [1.54, 1.807) is 17.6 Å². The number of aryl methyl sites for hydroxylation is 2. The summed E-state index contributed by atoms with van der Waals surface area (Å²) in [5.74, 6) is 0.605. The Bertz CT molecular complexity index is 775. The predicted molar refractivity (Wildman–Crippen MR) is 67.9 cm³/mol. The summed E-state index contributed by atoms with van der Waals surface area (Å²) in [5, 5.41) is 10.4. The van der Waals surface area contributed by atoms with Crippen LogP contribution in [0, 0.1) is 13.8 Å². The Hall–Kier alpha value is -2.77. The highest BCUT2D eigenvalue weighted by atomic mass is 16.5. The van der Waals surface area contributed by atoms with Gasteiger partial charge in [0.2, 0.25) is 5.89 Å². The van der Waals surface area contributed by atoms with Crippen molar-refractivity contribution in [2.45, 2.75) is 20.4 Å². The zero-order chi connectivity index (χ0) is 14.1. The molecule has 0 saturated carbocycles. The minimum Gasteiger partial charge on any atom is -0.343 e. The second-order valence-electron chi connectivity index (χ2n) is 4.31. The molecule has 1 N–H and O–H groups in total. The van der Waals surface area contributed by atoms with Crippen molar-refractivity contribution >= 4 is 11.6 Å². The molecule has 20 heavy (non-hydrogen) atoms. The Morgan fingerprint density at radius 1 is 1.40 bits per heavy atom. The number of amides is 1. The van der Waals surface area contributed by atoms with Crippen LogP contribution in [0.1, 0.15) is 27.8 Å². The molecule has 102 valence electrons. The zero-order valence-electron chi connectivity index (χ0n) is 11.0. The molecule has 0 radical (unpaired) electrons. The average Bonchev–Trinajstić information content (AvgIpc) is 3.02. The highest BCUT2D eigenvalue weighted by Gasteiger charge is 2.14. The van der Waals surface area contributed by atoms with Crippen molar-refractivity contribution in [2.24, 2.45) is 0 Å². The minimum atomic E-state index is -0.283. The topological polar surface area (TPSA) is 98.2 Å². The monoisotopic (exact) mass is 272 g/mol. The molecule has 3 rings (SSSR count). The fraction of sp³-hybridized carbons (Fsp3) is 0.250. The molecule has 0 bridgehead atoms. The van der Waals surface area contributed by atoms with Gasteiger partial charge in [-0.1, -0.05) is 5.16 Å². The quantitative estimate of drug-likeness (QED) is 0.752. The standard InChI is InChI=1S/C12H12N6O2/c1-7-3-4-18-11(15-7)9(5-14-18)12(19)13-6-10-16-8(2)17-20-10/h3-5H,6H2,1-2H3,(H,13,19). The second kappa shape index (κ2) is 4.72. The molecule has 8 heteroatoms. The van der Waals surface area contributed by atoms with Gasteiger partial charge in [0.15, 0.2) is 11.5 Å². The summed E-state index contributed by atoms with van der Waals surface area (Å²) in [6, 6.07) is 1.82. The third kappa shape index (κ3) is 2.22. The predicted octanol–water partition coefficient (Wildman–Crippen LogP) is 0.659. The SMILES string of the molecule is Cc1ccn2ncc(C(=O)NCc3nc(C)no3)c2n1. The Labute approximate surface area is 113 Å². The van der Waals surface area contributed by atoms with Crippen LogP contribution in [0.4, 0.5) is 0 Å². The number of rotatable bonds is 3. The first kappa shape index (κ1) is 12.3. The molecule has 0 spiro atoms. The molecule has 0 aromatic carbocycles. The van der Waals surface area contributed by atoms with E-state index in [4.69, 9.17) is 4.52 Å². The molecule has 8 nitrogen and oxygen atoms in total. The first-order valence-corrected chi connectivity index (χ1v) is 6.02. The van der Waals surface area contributed by atoms with Gasteiger partial charge in [0.05, 0.1) is 12.7 Å². The number of hydrogen-bond acceptors (Lipinski definition) is 6. The fourth-order valence-electron chi connectivity index (χ4n) is 1.78. The summed E-state index contributed by atoms with van der Waals surface area (Å²) in [5.41, 5.74) is 1.74. The van der Waals surface area contributed by atoms with Crippen molar-refractivity contribution < 1.29 is 9.32 Å². The van der Waals surface area contributed by atoms with Gasteiger partial charge in [0.1, 0.15) is 5.56 Å². The number of hydrogen-bond donors (Lipinski definition) is 1. The van der Waals surface area contributed by atoms with E-state index in [0.29, 0.717) is 22.9 Å². The molecule has 0 aliphatic rings. The lowest BCUT2D eigenvalue weighted by atomic mass is 10.3. The molecular formula is C12H12N6O2. The molecule has 0 unspecified atom stereocenters. The highest BCUT2D eigenvalue weighted by molar-refractivity contribution is 5.99. The lowest BCUT2D eigenvalue weighted by molar-refractivity contribution is 0.0947. The Balaban J connectivity index is 1.80. The van der Waals surface area contributed by atoms with E-state index in [2.05, 4.69) is 25.5 Å².